The molecule has 1 fully saturated rings. The Morgan fingerprint density at radius 3 is 2.55 bits per heavy atom. The van der Waals surface area contributed by atoms with Crippen LogP contribution in [-0.4, -0.2) is 18.1 Å². The number of benzene rings is 1. The van der Waals surface area contributed by atoms with Crippen LogP contribution in [0.5, 0.6) is 0 Å². The molecule has 0 spiro atoms. The van der Waals surface area contributed by atoms with Crippen LogP contribution >= 0.6 is 11.8 Å². The molecule has 0 saturated heterocycles. The van der Waals surface area contributed by atoms with Crippen molar-refractivity contribution < 1.29 is 0 Å². The van der Waals surface area contributed by atoms with Crippen molar-refractivity contribution in [2.45, 2.75) is 52.0 Å². The highest BCUT2D eigenvalue weighted by molar-refractivity contribution is 7.99. The SMILES string of the molecule is CCNC(CSCC(C)C)c1ccccc1C1CCC1. The second-order valence-corrected chi connectivity index (χ2v) is 7.37. The minimum absolute atomic E-state index is 0.514. The average Bonchev–Trinajstić information content (AvgIpc) is 2.36. The van der Waals surface area contributed by atoms with Crippen LogP contribution in [0.25, 0.3) is 0 Å². The Balaban J connectivity index is 2.07. The normalized spacial score (nSPS) is 17.2. The molecule has 1 aromatic carbocycles. The monoisotopic (exact) mass is 291 g/mol. The number of rotatable bonds is 8. The van der Waals surface area contributed by atoms with Gasteiger partial charge in [-0.1, -0.05) is 51.5 Å². The van der Waals surface area contributed by atoms with E-state index in [-0.39, 0.29) is 0 Å². The van der Waals surface area contributed by atoms with Crippen LogP contribution in [0, 0.1) is 5.92 Å². The first-order chi connectivity index (χ1) is 9.72. The Labute approximate surface area is 128 Å². The van der Waals surface area contributed by atoms with Crippen LogP contribution in [0.15, 0.2) is 24.3 Å². The molecule has 1 nitrogen and oxygen atoms in total. The Morgan fingerprint density at radius 1 is 1.20 bits per heavy atom. The summed E-state index contributed by atoms with van der Waals surface area (Å²) in [6.07, 6.45) is 4.18. The topological polar surface area (TPSA) is 12.0 Å². The van der Waals surface area contributed by atoms with E-state index in [1.807, 2.05) is 0 Å². The minimum atomic E-state index is 0.514. The Hall–Kier alpha value is -0.470. The van der Waals surface area contributed by atoms with E-state index in [9.17, 15) is 0 Å². The zero-order valence-electron chi connectivity index (χ0n) is 13.2. The molecule has 1 unspecified atom stereocenters. The van der Waals surface area contributed by atoms with Gasteiger partial charge in [0.2, 0.25) is 0 Å². The van der Waals surface area contributed by atoms with Gasteiger partial charge in [0.05, 0.1) is 0 Å². The van der Waals surface area contributed by atoms with Gasteiger partial charge in [-0.25, -0.2) is 0 Å². The van der Waals surface area contributed by atoms with Gasteiger partial charge < -0.3 is 5.32 Å². The van der Waals surface area contributed by atoms with Gasteiger partial charge in [-0.3, -0.25) is 0 Å². The highest BCUT2D eigenvalue weighted by Gasteiger charge is 2.24. The molecule has 0 bridgehead atoms. The van der Waals surface area contributed by atoms with Crippen LogP contribution < -0.4 is 5.32 Å². The Kier molecular flexibility index (Phi) is 6.44. The van der Waals surface area contributed by atoms with Gasteiger partial charge in [0.25, 0.3) is 0 Å². The molecule has 1 aliphatic carbocycles. The lowest BCUT2D eigenvalue weighted by Crippen LogP contribution is -2.25. The van der Waals surface area contributed by atoms with Crippen LogP contribution in [-0.2, 0) is 0 Å². The predicted molar refractivity (Wildman–Crippen MR) is 91.6 cm³/mol. The van der Waals surface area contributed by atoms with E-state index in [2.05, 4.69) is 62.1 Å². The number of thioether (sulfide) groups is 1. The van der Waals surface area contributed by atoms with Gasteiger partial charge in [0.15, 0.2) is 0 Å². The first-order valence-electron chi connectivity index (χ1n) is 8.12. The maximum absolute atomic E-state index is 3.70. The lowest BCUT2D eigenvalue weighted by Gasteiger charge is -2.31. The highest BCUT2D eigenvalue weighted by Crippen LogP contribution is 2.39. The van der Waals surface area contributed by atoms with Crippen LogP contribution in [0.2, 0.25) is 0 Å². The average molecular weight is 292 g/mol. The lowest BCUT2D eigenvalue weighted by molar-refractivity contribution is 0.413. The standard InChI is InChI=1S/C18H29NS/c1-4-19-18(13-20-12-14(2)3)17-11-6-5-10-16(17)15-8-7-9-15/h5-6,10-11,14-15,18-19H,4,7-9,12-13H2,1-3H3. The molecule has 20 heavy (non-hydrogen) atoms. The summed E-state index contributed by atoms with van der Waals surface area (Å²) in [4.78, 5) is 0. The quantitative estimate of drug-likeness (QED) is 0.724. The van der Waals surface area contributed by atoms with Crippen molar-refractivity contribution >= 4 is 11.8 Å². The van der Waals surface area contributed by atoms with E-state index in [1.165, 1.54) is 30.8 Å². The number of nitrogens with one attached hydrogen (secondary N) is 1. The summed E-state index contributed by atoms with van der Waals surface area (Å²) >= 11 is 2.09. The maximum Gasteiger partial charge on any atom is 0.0414 e. The molecule has 2 rings (SSSR count). The fourth-order valence-corrected chi connectivity index (χ4v) is 3.99. The third-order valence-corrected chi connectivity index (χ3v) is 5.57. The summed E-state index contributed by atoms with van der Waals surface area (Å²) in [5.41, 5.74) is 3.16. The summed E-state index contributed by atoms with van der Waals surface area (Å²) < 4.78 is 0. The molecular weight excluding hydrogens is 262 g/mol. The van der Waals surface area contributed by atoms with Crippen LogP contribution in [0.1, 0.15) is 63.1 Å². The lowest BCUT2D eigenvalue weighted by atomic mass is 9.77. The summed E-state index contributed by atoms with van der Waals surface area (Å²) in [5.74, 6) is 4.05. The van der Waals surface area contributed by atoms with Gasteiger partial charge in [0, 0.05) is 11.8 Å². The van der Waals surface area contributed by atoms with Crippen molar-refractivity contribution in [3.63, 3.8) is 0 Å². The molecule has 0 radical (unpaired) electrons. The summed E-state index contributed by atoms with van der Waals surface area (Å²) in [5, 5.41) is 3.70. The molecule has 1 N–H and O–H groups in total. The molecular formula is C18H29NS. The largest absolute Gasteiger partial charge is 0.310 e. The van der Waals surface area contributed by atoms with Gasteiger partial charge >= 0.3 is 0 Å². The predicted octanol–water partition coefficient (Wildman–Crippen LogP) is 4.99. The molecule has 0 heterocycles. The van der Waals surface area contributed by atoms with Gasteiger partial charge in [-0.05, 0) is 48.1 Å². The molecule has 1 saturated carbocycles. The van der Waals surface area contributed by atoms with E-state index in [0.29, 0.717) is 6.04 Å². The van der Waals surface area contributed by atoms with Crippen molar-refractivity contribution in [1.29, 1.82) is 0 Å². The molecule has 2 heteroatoms. The minimum Gasteiger partial charge on any atom is -0.310 e. The van der Waals surface area contributed by atoms with E-state index in [4.69, 9.17) is 0 Å². The Morgan fingerprint density at radius 2 is 1.95 bits per heavy atom. The van der Waals surface area contributed by atoms with Crippen molar-refractivity contribution in [3.05, 3.63) is 35.4 Å². The first kappa shape index (κ1) is 15.9. The van der Waals surface area contributed by atoms with Gasteiger partial charge in [-0.15, -0.1) is 0 Å². The zero-order valence-corrected chi connectivity index (χ0v) is 14.0. The van der Waals surface area contributed by atoms with E-state index < -0.39 is 0 Å². The van der Waals surface area contributed by atoms with E-state index in [1.54, 1.807) is 11.1 Å². The summed E-state index contributed by atoms with van der Waals surface area (Å²) in [6, 6.07) is 9.63. The first-order valence-corrected chi connectivity index (χ1v) is 9.27. The fourth-order valence-electron chi connectivity index (χ4n) is 2.85. The molecule has 0 aliphatic heterocycles. The van der Waals surface area contributed by atoms with Gasteiger partial charge in [-0.2, -0.15) is 11.8 Å². The second-order valence-electron chi connectivity index (χ2n) is 6.30. The molecule has 1 atom stereocenters. The van der Waals surface area contributed by atoms with Gasteiger partial charge in [0.1, 0.15) is 0 Å². The van der Waals surface area contributed by atoms with Crippen molar-refractivity contribution in [1.82, 2.24) is 5.32 Å². The third-order valence-electron chi connectivity index (χ3n) is 4.10. The molecule has 0 aromatic heterocycles. The highest BCUT2D eigenvalue weighted by atomic mass is 32.2. The van der Waals surface area contributed by atoms with Crippen LogP contribution in [0.4, 0.5) is 0 Å². The zero-order chi connectivity index (χ0) is 14.4. The maximum atomic E-state index is 3.70. The smallest absolute Gasteiger partial charge is 0.0414 e. The number of hydrogen-bond acceptors (Lipinski definition) is 2. The second kappa shape index (κ2) is 8.09. The van der Waals surface area contributed by atoms with Crippen molar-refractivity contribution in [2.75, 3.05) is 18.1 Å². The molecule has 1 aliphatic rings. The summed E-state index contributed by atoms with van der Waals surface area (Å²) in [6.45, 7) is 7.87. The van der Waals surface area contributed by atoms with Crippen molar-refractivity contribution in [2.24, 2.45) is 5.92 Å². The van der Waals surface area contributed by atoms with E-state index >= 15 is 0 Å². The third kappa shape index (κ3) is 4.26. The fraction of sp³-hybridized carbons (Fsp3) is 0.667. The molecule has 112 valence electrons. The number of hydrogen-bond donors (Lipinski definition) is 1. The van der Waals surface area contributed by atoms with Crippen molar-refractivity contribution in [3.8, 4) is 0 Å². The summed E-state index contributed by atoms with van der Waals surface area (Å²) in [7, 11) is 0. The molecule has 1 aromatic rings. The van der Waals surface area contributed by atoms with Crippen LogP contribution in [0.3, 0.4) is 0 Å². The van der Waals surface area contributed by atoms with E-state index in [0.717, 1.165) is 18.4 Å². The molecule has 0 amide bonds. The Bertz CT molecular complexity index is 398.